The van der Waals surface area contributed by atoms with E-state index in [1.165, 1.54) is 100 Å². The van der Waals surface area contributed by atoms with E-state index < -0.39 is 5.41 Å². The number of para-hydroxylation sites is 1. The highest BCUT2D eigenvalue weighted by Gasteiger charge is 2.51. The summed E-state index contributed by atoms with van der Waals surface area (Å²) < 4.78 is 6.39. The van der Waals surface area contributed by atoms with Crippen molar-refractivity contribution >= 4 is 27.5 Å². The van der Waals surface area contributed by atoms with Crippen LogP contribution < -0.4 is 0 Å². The fourth-order valence-corrected chi connectivity index (χ4v) is 11.7. The van der Waals surface area contributed by atoms with Gasteiger partial charge in [-0.3, -0.25) is 0 Å². The summed E-state index contributed by atoms with van der Waals surface area (Å²) in [6, 6.07) is 80.7. The Kier molecular flexibility index (Phi) is 7.25. The van der Waals surface area contributed by atoms with Gasteiger partial charge in [-0.25, -0.2) is 0 Å². The maximum atomic E-state index is 6.39. The van der Waals surface area contributed by atoms with Crippen molar-refractivity contribution in [2.24, 2.45) is 0 Å². The fourth-order valence-electron chi connectivity index (χ4n) is 11.7. The Labute approximate surface area is 371 Å². The van der Waals surface area contributed by atoms with Gasteiger partial charge >= 0.3 is 0 Å². The molecular weight excluding hydrogens is 773 g/mol. The Morgan fingerprint density at radius 1 is 0.297 bits per heavy atom. The summed E-state index contributed by atoms with van der Waals surface area (Å²) >= 11 is 0. The third-order valence-electron chi connectivity index (χ3n) is 14.4. The molecule has 10 aromatic carbocycles. The molecule has 1 spiro atoms. The first-order chi connectivity index (χ1) is 31.6. The maximum absolute atomic E-state index is 6.39. The van der Waals surface area contributed by atoms with Gasteiger partial charge in [-0.05, 0) is 159 Å². The molecule has 0 aliphatic heterocycles. The Morgan fingerprint density at radius 3 is 1.55 bits per heavy atom. The molecule has 3 aliphatic rings. The van der Waals surface area contributed by atoms with E-state index in [2.05, 4.69) is 212 Å². The van der Waals surface area contributed by atoms with Gasteiger partial charge in [-0.1, -0.05) is 183 Å². The molecule has 0 radical (unpaired) electrons. The SMILES string of the molecule is C=C1c2ccc(-c3ccc4c(c3)C3(c5ccccc5-c5ccccc53)c3ccccc3-4)cc2-c2c1cccc2-c1cc(-c2ccccc2)cc(-c2cccc3oc4ccccc4c23)c1. The molecule has 0 saturated heterocycles. The highest BCUT2D eigenvalue weighted by atomic mass is 16.3. The quantitative estimate of drug-likeness (QED) is 0.173. The van der Waals surface area contributed by atoms with Gasteiger partial charge < -0.3 is 4.42 Å². The van der Waals surface area contributed by atoms with Gasteiger partial charge in [0, 0.05) is 10.8 Å². The minimum absolute atomic E-state index is 0.394. The van der Waals surface area contributed by atoms with Crippen LogP contribution >= 0.6 is 0 Å². The van der Waals surface area contributed by atoms with Crippen LogP contribution in [0.2, 0.25) is 0 Å². The van der Waals surface area contributed by atoms with Crippen LogP contribution in [0.15, 0.2) is 229 Å². The van der Waals surface area contributed by atoms with Crippen LogP contribution in [0.3, 0.4) is 0 Å². The van der Waals surface area contributed by atoms with Gasteiger partial charge in [0.15, 0.2) is 0 Å². The summed E-state index contributed by atoms with van der Waals surface area (Å²) in [6.07, 6.45) is 0. The molecule has 11 aromatic rings. The average molecular weight is 811 g/mol. The summed E-state index contributed by atoms with van der Waals surface area (Å²) in [5.74, 6) is 0. The van der Waals surface area contributed by atoms with E-state index in [9.17, 15) is 0 Å². The van der Waals surface area contributed by atoms with Crippen LogP contribution in [0.25, 0.3) is 105 Å². The Bertz CT molecular complexity index is 3740. The van der Waals surface area contributed by atoms with Crippen molar-refractivity contribution in [3.05, 3.63) is 258 Å². The molecule has 1 aromatic heterocycles. The predicted octanol–water partition coefficient (Wildman–Crippen LogP) is 16.6. The second-order valence-corrected chi connectivity index (χ2v) is 17.6. The van der Waals surface area contributed by atoms with E-state index in [1.54, 1.807) is 0 Å². The summed E-state index contributed by atoms with van der Waals surface area (Å²) in [6.45, 7) is 4.71. The summed E-state index contributed by atoms with van der Waals surface area (Å²) in [5.41, 5.74) is 27.4. The standard InChI is InChI=1S/C63H38O/c1-38-45-31-29-40(41-30-32-52-51-19-7-11-26-57(51)63(58(52)37-41)55-24-9-5-17-49(55)50-18-6-10-25-56(50)63)36-54(45)61-46(38)21-13-22-47(61)43-33-42(39-15-3-2-4-16-39)34-44(35-43)48-23-14-28-60-62(48)53-20-8-12-27-59(53)64-60/h2-37H,1H2. The average Bonchev–Trinajstić information content (AvgIpc) is 4.07. The van der Waals surface area contributed by atoms with Crippen molar-refractivity contribution in [1.29, 1.82) is 0 Å². The van der Waals surface area contributed by atoms with Crippen molar-refractivity contribution in [2.75, 3.05) is 0 Å². The molecule has 0 fully saturated rings. The lowest BCUT2D eigenvalue weighted by Gasteiger charge is -2.30. The predicted molar refractivity (Wildman–Crippen MR) is 265 cm³/mol. The lowest BCUT2D eigenvalue weighted by molar-refractivity contribution is 0.669. The third-order valence-corrected chi connectivity index (χ3v) is 14.4. The Morgan fingerprint density at radius 2 is 0.812 bits per heavy atom. The maximum Gasteiger partial charge on any atom is 0.136 e. The normalized spacial score (nSPS) is 13.5. The first kappa shape index (κ1) is 35.3. The highest BCUT2D eigenvalue weighted by Crippen LogP contribution is 2.63. The molecule has 0 saturated carbocycles. The molecule has 64 heavy (non-hydrogen) atoms. The van der Waals surface area contributed by atoms with Gasteiger partial charge in [0.25, 0.3) is 0 Å². The van der Waals surface area contributed by atoms with E-state index in [-0.39, 0.29) is 0 Å². The van der Waals surface area contributed by atoms with Crippen LogP contribution in [0.5, 0.6) is 0 Å². The van der Waals surface area contributed by atoms with Gasteiger partial charge in [-0.2, -0.15) is 0 Å². The largest absolute Gasteiger partial charge is 0.456 e. The van der Waals surface area contributed by atoms with Crippen molar-refractivity contribution in [1.82, 2.24) is 0 Å². The van der Waals surface area contributed by atoms with E-state index in [4.69, 9.17) is 11.0 Å². The molecule has 3 aliphatic carbocycles. The van der Waals surface area contributed by atoms with Gasteiger partial charge in [-0.15, -0.1) is 0 Å². The lowest BCUT2D eigenvalue weighted by atomic mass is 9.70. The minimum Gasteiger partial charge on any atom is -0.456 e. The molecule has 1 heterocycles. The van der Waals surface area contributed by atoms with Gasteiger partial charge in [0.2, 0.25) is 0 Å². The molecule has 1 nitrogen and oxygen atoms in total. The Balaban J connectivity index is 0.960. The number of rotatable bonds is 4. The minimum atomic E-state index is -0.394. The zero-order valence-corrected chi connectivity index (χ0v) is 34.9. The molecule has 0 unspecified atom stereocenters. The van der Waals surface area contributed by atoms with Crippen molar-refractivity contribution in [3.8, 4) is 77.9 Å². The summed E-state index contributed by atoms with van der Waals surface area (Å²) in [5, 5.41) is 2.26. The molecule has 296 valence electrons. The van der Waals surface area contributed by atoms with Crippen LogP contribution in [0.1, 0.15) is 33.4 Å². The third kappa shape index (κ3) is 4.73. The first-order valence-corrected chi connectivity index (χ1v) is 22.2. The zero-order valence-electron chi connectivity index (χ0n) is 34.9. The highest BCUT2D eigenvalue weighted by molar-refractivity contribution is 6.13. The van der Waals surface area contributed by atoms with E-state index in [1.807, 2.05) is 6.07 Å². The molecule has 0 bridgehead atoms. The number of furan rings is 1. The lowest BCUT2D eigenvalue weighted by Crippen LogP contribution is -2.25. The number of hydrogen-bond donors (Lipinski definition) is 0. The van der Waals surface area contributed by atoms with Crippen LogP contribution in [0, 0.1) is 0 Å². The van der Waals surface area contributed by atoms with E-state index in [0.717, 1.165) is 38.6 Å². The van der Waals surface area contributed by atoms with Crippen molar-refractivity contribution in [3.63, 3.8) is 0 Å². The van der Waals surface area contributed by atoms with Gasteiger partial charge in [0.1, 0.15) is 11.2 Å². The van der Waals surface area contributed by atoms with Crippen LogP contribution in [0.4, 0.5) is 0 Å². The fraction of sp³-hybridized carbons (Fsp3) is 0.0159. The van der Waals surface area contributed by atoms with Gasteiger partial charge in [0.05, 0.1) is 5.41 Å². The van der Waals surface area contributed by atoms with Crippen LogP contribution in [-0.2, 0) is 5.41 Å². The number of hydrogen-bond acceptors (Lipinski definition) is 1. The summed E-state index contributed by atoms with van der Waals surface area (Å²) in [4.78, 5) is 0. The topological polar surface area (TPSA) is 13.1 Å². The summed E-state index contributed by atoms with van der Waals surface area (Å²) in [7, 11) is 0. The Hall–Kier alpha value is -8.26. The molecule has 1 heteroatoms. The van der Waals surface area contributed by atoms with Crippen molar-refractivity contribution < 1.29 is 4.42 Å². The second-order valence-electron chi connectivity index (χ2n) is 17.6. The molecular formula is C63H38O. The number of benzene rings is 10. The molecule has 0 amide bonds. The van der Waals surface area contributed by atoms with E-state index >= 15 is 0 Å². The van der Waals surface area contributed by atoms with Crippen molar-refractivity contribution in [2.45, 2.75) is 5.41 Å². The second kappa shape index (κ2) is 13.1. The molecule has 0 N–H and O–H groups in total. The van der Waals surface area contributed by atoms with Crippen LogP contribution in [-0.4, -0.2) is 0 Å². The first-order valence-electron chi connectivity index (χ1n) is 22.2. The number of fused-ring (bicyclic) bond motifs is 16. The monoisotopic (exact) mass is 810 g/mol. The smallest absolute Gasteiger partial charge is 0.136 e. The molecule has 0 atom stereocenters. The van der Waals surface area contributed by atoms with E-state index in [0.29, 0.717) is 0 Å². The zero-order chi connectivity index (χ0) is 42.1. The molecule has 14 rings (SSSR count).